The summed E-state index contributed by atoms with van der Waals surface area (Å²) in [7, 11) is -4.00. The van der Waals surface area contributed by atoms with E-state index in [0.717, 1.165) is 0 Å². The van der Waals surface area contributed by atoms with Crippen LogP contribution in [0.5, 0.6) is 0 Å². The summed E-state index contributed by atoms with van der Waals surface area (Å²) in [4.78, 5) is 43.7. The van der Waals surface area contributed by atoms with Crippen molar-refractivity contribution in [3.05, 3.63) is 31.6 Å². The third kappa shape index (κ3) is 4.87. The second-order valence-electron chi connectivity index (χ2n) is 3.55. The van der Waals surface area contributed by atoms with E-state index in [4.69, 9.17) is 21.4 Å². The van der Waals surface area contributed by atoms with Crippen LogP contribution in [0.1, 0.15) is 18.4 Å². The zero-order valence-electron chi connectivity index (χ0n) is 8.77. The molecule has 0 amide bonds. The maximum absolute atomic E-state index is 11.3. The fourth-order valence-corrected chi connectivity index (χ4v) is 2.23. The molecule has 0 aliphatic carbocycles. The Balaban J connectivity index is 2.62. The van der Waals surface area contributed by atoms with Crippen molar-refractivity contribution in [3.8, 4) is 0 Å². The number of halogens is 1. The van der Waals surface area contributed by atoms with Crippen LogP contribution in [0.15, 0.2) is 9.59 Å². The maximum atomic E-state index is 11.3. The number of hydrogen-bond donors (Lipinski definition) is 4. The fourth-order valence-electron chi connectivity index (χ4n) is 1.33. The second kappa shape index (κ2) is 5.64. The van der Waals surface area contributed by atoms with Crippen molar-refractivity contribution in [2.75, 3.05) is 6.16 Å². The molecule has 0 aromatic carbocycles. The van der Waals surface area contributed by atoms with Crippen LogP contribution in [0.4, 0.5) is 0 Å². The van der Waals surface area contributed by atoms with Gasteiger partial charge in [-0.15, -0.1) is 0 Å². The number of H-pyrrole nitrogens is 2. The van der Waals surface area contributed by atoms with Crippen LogP contribution >= 0.6 is 19.2 Å². The Bertz CT molecular complexity index is 546. The van der Waals surface area contributed by atoms with Crippen LogP contribution in [0.2, 0.25) is 5.15 Å². The molecule has 7 nitrogen and oxygen atoms in total. The van der Waals surface area contributed by atoms with E-state index in [2.05, 4.69) is 4.98 Å². The molecule has 0 spiro atoms. The van der Waals surface area contributed by atoms with Crippen molar-refractivity contribution in [3.63, 3.8) is 0 Å². The first-order valence-corrected chi connectivity index (χ1v) is 7.03. The van der Waals surface area contributed by atoms with Gasteiger partial charge in [0.15, 0.2) is 0 Å². The average Bonchev–Trinajstić information content (AvgIpc) is 2.13. The number of nitrogens with one attached hydrogen (secondary N) is 2. The Labute approximate surface area is 101 Å². The summed E-state index contributed by atoms with van der Waals surface area (Å²) in [5.74, 6) is 0. The van der Waals surface area contributed by atoms with Gasteiger partial charge >= 0.3 is 13.3 Å². The highest BCUT2D eigenvalue weighted by Gasteiger charge is 2.13. The third-order valence-corrected chi connectivity index (χ3v) is 3.34. The smallest absolute Gasteiger partial charge is 0.324 e. The summed E-state index contributed by atoms with van der Waals surface area (Å²) in [5, 5.41) is -0.0325. The van der Waals surface area contributed by atoms with E-state index in [-0.39, 0.29) is 29.7 Å². The summed E-state index contributed by atoms with van der Waals surface area (Å²) in [6.45, 7) is 0. The SMILES string of the molecule is O=c1[nH]c(Cl)c(CCCCP(=O)(O)O)c(=O)[nH]1. The van der Waals surface area contributed by atoms with Crippen LogP contribution in [0.3, 0.4) is 0 Å². The van der Waals surface area contributed by atoms with Gasteiger partial charge in [-0.2, -0.15) is 0 Å². The Morgan fingerprint density at radius 1 is 1.18 bits per heavy atom. The molecule has 1 aromatic rings. The normalized spacial score (nSPS) is 11.7. The summed E-state index contributed by atoms with van der Waals surface area (Å²) in [6, 6.07) is 0. The minimum atomic E-state index is -4.00. The zero-order chi connectivity index (χ0) is 13.1. The molecule has 0 radical (unpaired) electrons. The standard InChI is InChI=1S/C8H12ClN2O5P/c9-6-5(7(12)11-8(13)10-6)3-1-2-4-17(14,15)16/h1-4H2,(H2,14,15,16)(H2,10,11,12,13). The molecule has 1 heterocycles. The van der Waals surface area contributed by atoms with E-state index in [1.807, 2.05) is 4.98 Å². The van der Waals surface area contributed by atoms with Crippen molar-refractivity contribution in [2.24, 2.45) is 0 Å². The van der Waals surface area contributed by atoms with Gasteiger partial charge in [-0.1, -0.05) is 11.6 Å². The first kappa shape index (κ1) is 14.2. The molecule has 0 fully saturated rings. The van der Waals surface area contributed by atoms with Gasteiger partial charge in [0.2, 0.25) is 0 Å². The van der Waals surface area contributed by atoms with Gasteiger partial charge in [0.25, 0.3) is 5.56 Å². The van der Waals surface area contributed by atoms with Crippen LogP contribution in [-0.4, -0.2) is 25.9 Å². The average molecular weight is 283 g/mol. The first-order chi connectivity index (χ1) is 7.79. The van der Waals surface area contributed by atoms with E-state index in [1.165, 1.54) is 0 Å². The largest absolute Gasteiger partial charge is 0.326 e. The molecule has 0 saturated carbocycles. The van der Waals surface area contributed by atoms with Gasteiger partial charge in [0, 0.05) is 6.16 Å². The van der Waals surface area contributed by atoms with E-state index in [1.54, 1.807) is 0 Å². The zero-order valence-corrected chi connectivity index (χ0v) is 10.4. The molecule has 0 saturated heterocycles. The molecule has 4 N–H and O–H groups in total. The predicted octanol–water partition coefficient (Wildman–Crippen LogP) is 0.217. The Morgan fingerprint density at radius 2 is 1.82 bits per heavy atom. The Hall–Kier alpha value is -0.880. The maximum Gasteiger partial charge on any atom is 0.326 e. The lowest BCUT2D eigenvalue weighted by atomic mass is 10.1. The third-order valence-electron chi connectivity index (χ3n) is 2.12. The topological polar surface area (TPSA) is 123 Å². The summed E-state index contributed by atoms with van der Waals surface area (Å²) in [5.41, 5.74) is -1.04. The first-order valence-electron chi connectivity index (χ1n) is 4.85. The van der Waals surface area contributed by atoms with Crippen molar-refractivity contribution >= 4 is 19.2 Å². The summed E-state index contributed by atoms with van der Waals surface area (Å²) < 4.78 is 10.6. The highest BCUT2D eigenvalue weighted by Crippen LogP contribution is 2.35. The quantitative estimate of drug-likeness (QED) is 0.349. The van der Waals surface area contributed by atoms with Gasteiger partial charge in [-0.05, 0) is 19.3 Å². The van der Waals surface area contributed by atoms with Crippen LogP contribution in [0.25, 0.3) is 0 Å². The van der Waals surface area contributed by atoms with Gasteiger partial charge in [-0.3, -0.25) is 19.3 Å². The Morgan fingerprint density at radius 3 is 2.35 bits per heavy atom. The number of rotatable bonds is 5. The van der Waals surface area contributed by atoms with Crippen molar-refractivity contribution in [1.29, 1.82) is 0 Å². The van der Waals surface area contributed by atoms with Crippen LogP contribution < -0.4 is 11.2 Å². The fraction of sp³-hybridized carbons (Fsp3) is 0.500. The lowest BCUT2D eigenvalue weighted by Gasteiger charge is -2.04. The van der Waals surface area contributed by atoms with E-state index in [0.29, 0.717) is 6.42 Å². The molecular formula is C8H12ClN2O5P. The lowest BCUT2D eigenvalue weighted by Crippen LogP contribution is -2.25. The molecule has 96 valence electrons. The van der Waals surface area contributed by atoms with Crippen molar-refractivity contribution in [2.45, 2.75) is 19.3 Å². The molecule has 9 heteroatoms. The van der Waals surface area contributed by atoms with Gasteiger partial charge in [0.1, 0.15) is 5.15 Å². The molecule has 0 aliphatic rings. The molecule has 0 bridgehead atoms. The number of aromatic amines is 2. The predicted molar refractivity (Wildman–Crippen MR) is 62.5 cm³/mol. The molecule has 0 unspecified atom stereocenters. The minimum Gasteiger partial charge on any atom is -0.324 e. The Kier molecular flexibility index (Phi) is 4.70. The second-order valence-corrected chi connectivity index (χ2v) is 5.70. The van der Waals surface area contributed by atoms with E-state index < -0.39 is 18.8 Å². The van der Waals surface area contributed by atoms with Crippen molar-refractivity contribution < 1.29 is 14.4 Å². The number of hydrogen-bond acceptors (Lipinski definition) is 3. The van der Waals surface area contributed by atoms with E-state index >= 15 is 0 Å². The van der Waals surface area contributed by atoms with Crippen LogP contribution in [0, 0.1) is 0 Å². The number of aromatic nitrogens is 2. The monoisotopic (exact) mass is 282 g/mol. The molecule has 0 atom stereocenters. The lowest BCUT2D eigenvalue weighted by molar-refractivity contribution is 0.371. The molecule has 0 aliphatic heterocycles. The molecule has 17 heavy (non-hydrogen) atoms. The van der Waals surface area contributed by atoms with E-state index in [9.17, 15) is 14.2 Å². The number of unbranched alkanes of at least 4 members (excludes halogenated alkanes) is 1. The van der Waals surface area contributed by atoms with Gasteiger partial charge in [-0.25, -0.2) is 4.79 Å². The van der Waals surface area contributed by atoms with Crippen molar-refractivity contribution in [1.82, 2.24) is 9.97 Å². The summed E-state index contributed by atoms with van der Waals surface area (Å²) >= 11 is 5.67. The van der Waals surface area contributed by atoms with Gasteiger partial charge in [0.05, 0.1) is 5.56 Å². The molecule has 1 aromatic heterocycles. The molecular weight excluding hydrogens is 271 g/mol. The van der Waals surface area contributed by atoms with Gasteiger partial charge < -0.3 is 9.79 Å². The molecule has 1 rings (SSSR count). The summed E-state index contributed by atoms with van der Waals surface area (Å²) in [6.07, 6.45) is 0.704. The van der Waals surface area contributed by atoms with Crippen LogP contribution in [-0.2, 0) is 11.0 Å². The highest BCUT2D eigenvalue weighted by atomic mass is 35.5. The minimum absolute atomic E-state index is 0.0325. The highest BCUT2D eigenvalue weighted by molar-refractivity contribution is 7.51.